The monoisotopic (exact) mass is 170 g/mol. The molecule has 1 heterocycles. The first kappa shape index (κ1) is 8.52. The largest absolute Gasteiger partial charge is 0.366 e. The van der Waals surface area contributed by atoms with E-state index < -0.39 is 0 Å². The highest BCUT2D eigenvalue weighted by Gasteiger charge is 2.59. The smallest absolute Gasteiger partial charge is 0.0925 e. The van der Waals surface area contributed by atoms with Gasteiger partial charge in [-0.2, -0.15) is 0 Å². The highest BCUT2D eigenvalue weighted by Crippen LogP contribution is 2.52. The number of hydrogen-bond donors (Lipinski definition) is 0. The highest BCUT2D eigenvalue weighted by molar-refractivity contribution is 5.06. The molecule has 1 aliphatic heterocycles. The number of hydrogen-bond acceptors (Lipinski definition) is 1. The zero-order valence-corrected chi connectivity index (χ0v) is 8.63. The Hall–Kier alpha value is -0.0800. The third-order valence-corrected chi connectivity index (χ3v) is 3.08. The Balaban J connectivity index is 1.86. The van der Waals surface area contributed by atoms with E-state index in [4.69, 9.17) is 4.74 Å². The maximum Gasteiger partial charge on any atom is 0.0925 e. The van der Waals surface area contributed by atoms with Crippen molar-refractivity contribution in [3.63, 3.8) is 0 Å². The van der Waals surface area contributed by atoms with Gasteiger partial charge < -0.3 is 9.22 Å². The molecule has 2 nitrogen and oxygen atoms in total. The summed E-state index contributed by atoms with van der Waals surface area (Å²) in [6.45, 7) is 3.56. The minimum Gasteiger partial charge on any atom is -0.366 e. The van der Waals surface area contributed by atoms with Crippen LogP contribution in [0.3, 0.4) is 0 Å². The highest BCUT2D eigenvalue weighted by atomic mass is 16.6. The van der Waals surface area contributed by atoms with Gasteiger partial charge in [0.1, 0.15) is 0 Å². The number of rotatable bonds is 2. The van der Waals surface area contributed by atoms with Crippen molar-refractivity contribution in [3.8, 4) is 0 Å². The molecule has 0 radical (unpaired) electrons. The van der Waals surface area contributed by atoms with Gasteiger partial charge in [0.15, 0.2) is 0 Å². The van der Waals surface area contributed by atoms with Crippen molar-refractivity contribution < 1.29 is 9.22 Å². The van der Waals surface area contributed by atoms with Gasteiger partial charge in [-0.1, -0.05) is 0 Å². The van der Waals surface area contributed by atoms with E-state index in [-0.39, 0.29) is 0 Å². The van der Waals surface area contributed by atoms with Gasteiger partial charge in [-0.15, -0.1) is 0 Å². The van der Waals surface area contributed by atoms with Gasteiger partial charge >= 0.3 is 0 Å². The number of ether oxygens (including phenoxy) is 1. The van der Waals surface area contributed by atoms with Crippen LogP contribution in [0.2, 0.25) is 0 Å². The maximum absolute atomic E-state index is 5.58. The van der Waals surface area contributed by atoms with Gasteiger partial charge in [-0.25, -0.2) is 0 Å². The quantitative estimate of drug-likeness (QED) is 0.449. The first-order valence-electron chi connectivity index (χ1n) is 4.87. The van der Waals surface area contributed by atoms with Gasteiger partial charge in [0.05, 0.1) is 39.4 Å². The van der Waals surface area contributed by atoms with Crippen molar-refractivity contribution in [3.05, 3.63) is 0 Å². The molecule has 2 fully saturated rings. The molecule has 1 aliphatic carbocycles. The minimum absolute atomic E-state index is 0.292. The molecular weight excluding hydrogens is 150 g/mol. The maximum atomic E-state index is 5.58. The summed E-state index contributed by atoms with van der Waals surface area (Å²) in [5.41, 5.74) is 0.292. The summed E-state index contributed by atoms with van der Waals surface area (Å²) in [6.07, 6.45) is 3.19. The van der Waals surface area contributed by atoms with Gasteiger partial charge in [-0.05, 0) is 19.8 Å². The lowest BCUT2D eigenvalue weighted by molar-refractivity contribution is -0.873. The normalized spacial score (nSPS) is 46.0. The zero-order valence-electron chi connectivity index (χ0n) is 8.63. The average Bonchev–Trinajstić information content (AvgIpc) is 2.27. The number of quaternary nitrogens is 1. The molecule has 0 unspecified atom stereocenters. The Morgan fingerprint density at radius 1 is 1.42 bits per heavy atom. The molecule has 3 atom stereocenters. The fourth-order valence-corrected chi connectivity index (χ4v) is 2.64. The summed E-state index contributed by atoms with van der Waals surface area (Å²) < 4.78 is 6.67. The molecule has 1 saturated carbocycles. The summed E-state index contributed by atoms with van der Waals surface area (Å²) in [6, 6.07) is 0. The molecule has 1 saturated heterocycles. The Bertz CT molecular complexity index is 197. The molecule has 70 valence electrons. The van der Waals surface area contributed by atoms with Crippen molar-refractivity contribution in [2.24, 2.45) is 5.92 Å². The number of nitrogens with zero attached hydrogens (tertiary/aromatic N) is 1. The second kappa shape index (κ2) is 2.24. The number of epoxide rings is 1. The third kappa shape index (κ3) is 1.50. The van der Waals surface area contributed by atoms with E-state index >= 15 is 0 Å². The predicted molar refractivity (Wildman–Crippen MR) is 48.9 cm³/mol. The molecule has 0 N–H and O–H groups in total. The summed E-state index contributed by atoms with van der Waals surface area (Å²) in [5, 5.41) is 0. The minimum atomic E-state index is 0.292. The van der Waals surface area contributed by atoms with E-state index in [2.05, 4.69) is 28.1 Å². The van der Waals surface area contributed by atoms with Crippen LogP contribution < -0.4 is 0 Å². The van der Waals surface area contributed by atoms with E-state index in [0.29, 0.717) is 11.7 Å². The van der Waals surface area contributed by atoms with Crippen LogP contribution in [0.1, 0.15) is 19.8 Å². The van der Waals surface area contributed by atoms with Gasteiger partial charge in [0.25, 0.3) is 0 Å². The lowest BCUT2D eigenvalue weighted by atomic mass is 10.0. The van der Waals surface area contributed by atoms with Crippen LogP contribution in [0.15, 0.2) is 0 Å². The van der Waals surface area contributed by atoms with E-state index in [1.165, 1.54) is 19.4 Å². The SMILES string of the molecule is C[C@@]12C[C@@H](C[N+](C)(C)C)C[C@@H]1O2. The predicted octanol–water partition coefficient (Wildman–Crippen LogP) is 1.26. The summed E-state index contributed by atoms with van der Waals surface area (Å²) in [5.74, 6) is 0.897. The Labute approximate surface area is 75.1 Å². The van der Waals surface area contributed by atoms with Crippen LogP contribution >= 0.6 is 0 Å². The molecule has 2 aliphatic rings. The van der Waals surface area contributed by atoms with Crippen LogP contribution in [0.4, 0.5) is 0 Å². The van der Waals surface area contributed by atoms with Gasteiger partial charge in [0.2, 0.25) is 0 Å². The van der Waals surface area contributed by atoms with Crippen molar-refractivity contribution in [1.29, 1.82) is 0 Å². The first-order valence-corrected chi connectivity index (χ1v) is 4.87. The fourth-order valence-electron chi connectivity index (χ4n) is 2.64. The summed E-state index contributed by atoms with van der Waals surface area (Å²) in [4.78, 5) is 0. The molecule has 12 heavy (non-hydrogen) atoms. The second-order valence-electron chi connectivity index (χ2n) is 5.70. The standard InChI is InChI=1S/C10H20NO/c1-10-6-8(5-9(10)12-10)7-11(2,3)4/h8-9H,5-7H2,1-4H3/q+1/t8-,9-,10+/m0/s1. The van der Waals surface area contributed by atoms with Crippen LogP contribution in [0, 0.1) is 5.92 Å². The van der Waals surface area contributed by atoms with Crippen LogP contribution in [-0.2, 0) is 4.74 Å². The molecule has 2 rings (SSSR count). The van der Waals surface area contributed by atoms with Crippen LogP contribution in [0.25, 0.3) is 0 Å². The van der Waals surface area contributed by atoms with E-state index in [0.717, 1.165) is 10.4 Å². The number of fused-ring (bicyclic) bond motifs is 1. The Morgan fingerprint density at radius 3 is 2.50 bits per heavy atom. The first-order chi connectivity index (χ1) is 5.39. The lowest BCUT2D eigenvalue weighted by Gasteiger charge is -2.28. The molecule has 0 aromatic carbocycles. The van der Waals surface area contributed by atoms with Crippen molar-refractivity contribution in [1.82, 2.24) is 0 Å². The van der Waals surface area contributed by atoms with Crippen LogP contribution in [-0.4, -0.2) is 43.9 Å². The Morgan fingerprint density at radius 2 is 2.08 bits per heavy atom. The topological polar surface area (TPSA) is 12.5 Å². The van der Waals surface area contributed by atoms with E-state index in [1.807, 2.05) is 0 Å². The fraction of sp³-hybridized carbons (Fsp3) is 1.00. The molecular formula is C10H20NO+. The summed E-state index contributed by atoms with van der Waals surface area (Å²) >= 11 is 0. The second-order valence-corrected chi connectivity index (χ2v) is 5.70. The third-order valence-electron chi connectivity index (χ3n) is 3.08. The molecule has 0 spiro atoms. The van der Waals surface area contributed by atoms with Crippen molar-refractivity contribution in [2.75, 3.05) is 27.7 Å². The van der Waals surface area contributed by atoms with Gasteiger partial charge in [-0.3, -0.25) is 0 Å². The lowest BCUT2D eigenvalue weighted by Crippen LogP contribution is -2.39. The summed E-state index contributed by atoms with van der Waals surface area (Å²) in [7, 11) is 6.81. The van der Waals surface area contributed by atoms with Crippen molar-refractivity contribution >= 4 is 0 Å². The van der Waals surface area contributed by atoms with Gasteiger partial charge in [0, 0.05) is 5.92 Å². The van der Waals surface area contributed by atoms with E-state index in [1.54, 1.807) is 0 Å². The molecule has 0 aromatic rings. The zero-order chi connectivity index (χ0) is 8.98. The van der Waals surface area contributed by atoms with E-state index in [9.17, 15) is 0 Å². The molecule has 0 amide bonds. The molecule has 0 aromatic heterocycles. The van der Waals surface area contributed by atoms with Crippen LogP contribution in [0.5, 0.6) is 0 Å². The Kier molecular flexibility index (Phi) is 1.59. The van der Waals surface area contributed by atoms with Crippen molar-refractivity contribution in [2.45, 2.75) is 31.5 Å². The average molecular weight is 170 g/mol. The molecule has 2 heteroatoms. The molecule has 0 bridgehead atoms.